The van der Waals surface area contributed by atoms with Gasteiger partial charge in [-0.15, -0.1) is 0 Å². The van der Waals surface area contributed by atoms with Gasteiger partial charge < -0.3 is 10.4 Å². The fourth-order valence-electron chi connectivity index (χ4n) is 2.05. The monoisotopic (exact) mass is 363 g/mol. The van der Waals surface area contributed by atoms with Crippen molar-refractivity contribution in [3.63, 3.8) is 0 Å². The van der Waals surface area contributed by atoms with E-state index in [1.165, 1.54) is 24.5 Å². The zero-order chi connectivity index (χ0) is 19.6. The second-order valence-electron chi connectivity index (χ2n) is 5.49. The quantitative estimate of drug-likeness (QED) is 0.358. The molecule has 0 aliphatic carbocycles. The lowest BCUT2D eigenvalue weighted by Crippen LogP contribution is -2.51. The van der Waals surface area contributed by atoms with Crippen molar-refractivity contribution >= 4 is 11.8 Å². The van der Waals surface area contributed by atoms with Gasteiger partial charge >= 0.3 is 0 Å². The summed E-state index contributed by atoms with van der Waals surface area (Å²) in [6.45, 7) is 1.32. The van der Waals surface area contributed by atoms with Crippen LogP contribution in [-0.4, -0.2) is 39.3 Å². The lowest BCUT2D eigenvalue weighted by Gasteiger charge is -2.19. The van der Waals surface area contributed by atoms with Crippen molar-refractivity contribution in [1.29, 1.82) is 0 Å². The number of amides is 2. The van der Waals surface area contributed by atoms with Gasteiger partial charge in [0.05, 0.1) is 6.10 Å². The molecule has 27 heavy (non-hydrogen) atoms. The summed E-state index contributed by atoms with van der Waals surface area (Å²) in [5.74, 6) is 9.67. The molecule has 0 radical (unpaired) electrons. The summed E-state index contributed by atoms with van der Waals surface area (Å²) in [6, 6.07) is 8.67. The first-order valence-corrected chi connectivity index (χ1v) is 7.96. The fraction of sp³-hybridized carbons (Fsp3) is 0.150. The van der Waals surface area contributed by atoms with E-state index in [0.717, 1.165) is 5.56 Å². The van der Waals surface area contributed by atoms with Crippen LogP contribution < -0.4 is 10.8 Å². The van der Waals surface area contributed by atoms with Crippen LogP contribution in [0.1, 0.15) is 28.4 Å². The molecule has 2 rings (SSSR count). The molecule has 4 N–H and O–H groups in total. The summed E-state index contributed by atoms with van der Waals surface area (Å²) >= 11 is 0. The van der Waals surface area contributed by atoms with Crippen LogP contribution in [0.25, 0.3) is 0 Å². The summed E-state index contributed by atoms with van der Waals surface area (Å²) in [5.41, 5.74) is 3.10. The Labute approximate surface area is 156 Å². The third-order valence-electron chi connectivity index (χ3n) is 3.45. The first-order chi connectivity index (χ1) is 13.0. The van der Waals surface area contributed by atoms with E-state index in [1.54, 1.807) is 30.6 Å². The van der Waals surface area contributed by atoms with E-state index in [9.17, 15) is 14.7 Å². The van der Waals surface area contributed by atoms with Crippen LogP contribution in [0.15, 0.2) is 48.8 Å². The number of nitrogens with zero attached hydrogens (tertiary/aromatic N) is 1. The molecule has 7 heteroatoms. The van der Waals surface area contributed by atoms with E-state index < -0.39 is 24.0 Å². The Bertz CT molecular complexity index is 917. The number of aliphatic hydroxyl groups excluding tert-OH is 1. The Kier molecular flexibility index (Phi) is 7.09. The van der Waals surface area contributed by atoms with Crippen LogP contribution in [0.5, 0.6) is 0 Å². The molecule has 1 heterocycles. The number of carbonyl (C=O) groups is 2. The highest BCUT2D eigenvalue weighted by Gasteiger charge is 2.25. The average Bonchev–Trinajstić information content (AvgIpc) is 2.69. The number of carbonyl (C=O) groups excluding carboxylic acids is 2. The highest BCUT2D eigenvalue weighted by Crippen LogP contribution is 2.05. The normalized spacial score (nSPS) is 11.7. The van der Waals surface area contributed by atoms with Crippen LogP contribution in [0.2, 0.25) is 0 Å². The van der Waals surface area contributed by atoms with Gasteiger partial charge in [-0.2, -0.15) is 0 Å². The number of pyridine rings is 1. The van der Waals surface area contributed by atoms with Gasteiger partial charge in [0, 0.05) is 29.1 Å². The van der Waals surface area contributed by atoms with E-state index in [4.69, 9.17) is 5.21 Å². The molecule has 1 aromatic heterocycles. The first-order valence-electron chi connectivity index (χ1n) is 7.96. The molecule has 0 spiro atoms. The number of hydrogen-bond donors (Lipinski definition) is 4. The van der Waals surface area contributed by atoms with Gasteiger partial charge in [-0.1, -0.05) is 11.8 Å². The van der Waals surface area contributed by atoms with Crippen LogP contribution in [0.4, 0.5) is 0 Å². The van der Waals surface area contributed by atoms with Gasteiger partial charge in [-0.05, 0) is 55.2 Å². The van der Waals surface area contributed by atoms with Gasteiger partial charge in [0.2, 0.25) is 0 Å². The summed E-state index contributed by atoms with van der Waals surface area (Å²) in [6.07, 6.45) is 2.12. The maximum Gasteiger partial charge on any atom is 0.268 e. The Morgan fingerprint density at radius 1 is 1.07 bits per heavy atom. The summed E-state index contributed by atoms with van der Waals surface area (Å²) < 4.78 is 0. The topological polar surface area (TPSA) is 112 Å². The number of nitrogens with one attached hydrogen (secondary N) is 2. The third kappa shape index (κ3) is 5.98. The highest BCUT2D eigenvalue weighted by atomic mass is 16.5. The SMILES string of the molecule is CC(O)[C@H](NC(=O)c1ccc(C#CC#Cc2cccnc2)cc1)C(=O)NO. The minimum Gasteiger partial charge on any atom is -0.391 e. The van der Waals surface area contributed by atoms with Crippen molar-refractivity contribution in [3.8, 4) is 23.7 Å². The summed E-state index contributed by atoms with van der Waals surface area (Å²) in [4.78, 5) is 27.6. The molecule has 2 atom stereocenters. The Balaban J connectivity index is 2.03. The van der Waals surface area contributed by atoms with Gasteiger partial charge in [0.25, 0.3) is 11.8 Å². The van der Waals surface area contributed by atoms with E-state index in [1.807, 2.05) is 6.07 Å². The molecule has 0 aliphatic heterocycles. The fourth-order valence-corrected chi connectivity index (χ4v) is 2.05. The van der Waals surface area contributed by atoms with Crippen molar-refractivity contribution in [2.24, 2.45) is 0 Å². The second-order valence-corrected chi connectivity index (χ2v) is 5.49. The Hall–Kier alpha value is -3.65. The molecular weight excluding hydrogens is 346 g/mol. The van der Waals surface area contributed by atoms with Crippen LogP contribution in [0.3, 0.4) is 0 Å². The number of aliphatic hydroxyl groups is 1. The van der Waals surface area contributed by atoms with E-state index in [0.29, 0.717) is 5.56 Å². The van der Waals surface area contributed by atoms with Crippen LogP contribution >= 0.6 is 0 Å². The molecule has 2 aromatic rings. The minimum absolute atomic E-state index is 0.276. The van der Waals surface area contributed by atoms with Gasteiger partial charge in [-0.3, -0.25) is 19.8 Å². The zero-order valence-corrected chi connectivity index (χ0v) is 14.4. The molecule has 0 fully saturated rings. The van der Waals surface area contributed by atoms with Crippen LogP contribution in [0, 0.1) is 23.7 Å². The third-order valence-corrected chi connectivity index (χ3v) is 3.45. The molecule has 1 aromatic carbocycles. The average molecular weight is 363 g/mol. The number of benzene rings is 1. The van der Waals surface area contributed by atoms with Crippen molar-refractivity contribution in [3.05, 3.63) is 65.5 Å². The molecule has 7 nitrogen and oxygen atoms in total. The molecule has 2 amide bonds. The maximum absolute atomic E-state index is 12.2. The second kappa shape index (κ2) is 9.73. The van der Waals surface area contributed by atoms with Crippen molar-refractivity contribution in [2.75, 3.05) is 0 Å². The van der Waals surface area contributed by atoms with Crippen molar-refractivity contribution < 1.29 is 19.9 Å². The maximum atomic E-state index is 12.2. The minimum atomic E-state index is -1.27. The zero-order valence-electron chi connectivity index (χ0n) is 14.4. The number of aromatic nitrogens is 1. The van der Waals surface area contributed by atoms with E-state index in [-0.39, 0.29) is 5.56 Å². The number of hydrogen-bond acceptors (Lipinski definition) is 5. The predicted octanol–water partition coefficient (Wildman–Crippen LogP) is 0.469. The molecule has 0 aliphatic rings. The molecule has 0 saturated heterocycles. The molecule has 0 saturated carbocycles. The highest BCUT2D eigenvalue weighted by molar-refractivity contribution is 5.97. The summed E-state index contributed by atoms with van der Waals surface area (Å²) in [5, 5.41) is 20.5. The molecule has 1 unspecified atom stereocenters. The Morgan fingerprint density at radius 2 is 1.74 bits per heavy atom. The standard InChI is InChI=1S/C20H17N3O4/c1-14(24)18(20(26)23-27)22-19(25)17-10-8-15(9-11-17)5-2-3-6-16-7-4-12-21-13-16/h4,7-14,18,24,27H,1H3,(H,22,25)(H,23,26)/t14?,18-/m0/s1. The molecular formula is C20H17N3O4. The van der Waals surface area contributed by atoms with E-state index >= 15 is 0 Å². The summed E-state index contributed by atoms with van der Waals surface area (Å²) in [7, 11) is 0. The lowest BCUT2D eigenvalue weighted by atomic mass is 10.1. The largest absolute Gasteiger partial charge is 0.391 e. The predicted molar refractivity (Wildman–Crippen MR) is 97.3 cm³/mol. The van der Waals surface area contributed by atoms with Crippen molar-refractivity contribution in [1.82, 2.24) is 15.8 Å². The Morgan fingerprint density at radius 3 is 2.30 bits per heavy atom. The molecule has 0 bridgehead atoms. The van der Waals surface area contributed by atoms with Gasteiger partial charge in [0.15, 0.2) is 0 Å². The van der Waals surface area contributed by atoms with E-state index in [2.05, 4.69) is 34.0 Å². The first kappa shape index (κ1) is 19.7. The smallest absolute Gasteiger partial charge is 0.268 e. The van der Waals surface area contributed by atoms with Crippen molar-refractivity contribution in [2.45, 2.75) is 19.1 Å². The van der Waals surface area contributed by atoms with Gasteiger partial charge in [-0.25, -0.2) is 5.48 Å². The van der Waals surface area contributed by atoms with Crippen LogP contribution in [-0.2, 0) is 4.79 Å². The number of rotatable bonds is 4. The van der Waals surface area contributed by atoms with Gasteiger partial charge in [0.1, 0.15) is 6.04 Å². The number of hydroxylamine groups is 1. The lowest BCUT2D eigenvalue weighted by molar-refractivity contribution is -0.133. The molecule has 136 valence electrons.